The van der Waals surface area contributed by atoms with Crippen LogP contribution in [-0.4, -0.2) is 36.1 Å². The summed E-state index contributed by atoms with van der Waals surface area (Å²) in [7, 11) is 0. The van der Waals surface area contributed by atoms with Gasteiger partial charge in [0.2, 0.25) is 0 Å². The topological polar surface area (TPSA) is 43.4 Å². The molecule has 0 aromatic rings. The first-order valence-corrected chi connectivity index (χ1v) is 4.24. The SMILES string of the molecule is CC(F)C(F)(F)C(=O)OC(=O)C(F)(F)C(C)F. The molecule has 3 nitrogen and oxygen atoms in total. The van der Waals surface area contributed by atoms with Crippen LogP contribution in [0.25, 0.3) is 0 Å². The number of carbonyl (C=O) groups excluding carboxylic acids is 2. The first-order chi connectivity index (χ1) is 7.44. The molecule has 2 atom stereocenters. The highest BCUT2D eigenvalue weighted by Crippen LogP contribution is 2.27. The number of hydrogen-bond acceptors (Lipinski definition) is 3. The summed E-state index contributed by atoms with van der Waals surface area (Å²) in [6, 6.07) is 0. The summed E-state index contributed by atoms with van der Waals surface area (Å²) in [4.78, 5) is 21.0. The highest BCUT2D eigenvalue weighted by Gasteiger charge is 2.53. The molecule has 0 radical (unpaired) electrons. The molecular formula is C8H8F6O3. The van der Waals surface area contributed by atoms with E-state index in [0.29, 0.717) is 0 Å². The smallest absolute Gasteiger partial charge is 0.384 e. The Morgan fingerprint density at radius 1 is 0.882 bits per heavy atom. The molecule has 0 amide bonds. The van der Waals surface area contributed by atoms with E-state index in [1.165, 1.54) is 0 Å². The van der Waals surface area contributed by atoms with E-state index in [-0.39, 0.29) is 13.8 Å². The molecule has 100 valence electrons. The summed E-state index contributed by atoms with van der Waals surface area (Å²) in [5, 5.41) is 0. The second-order valence-electron chi connectivity index (χ2n) is 3.15. The molecule has 0 saturated heterocycles. The van der Waals surface area contributed by atoms with E-state index < -0.39 is 36.1 Å². The molecule has 0 aliphatic carbocycles. The van der Waals surface area contributed by atoms with Crippen LogP contribution in [0.4, 0.5) is 26.3 Å². The Labute approximate surface area is 91.7 Å². The summed E-state index contributed by atoms with van der Waals surface area (Å²) < 4.78 is 77.7. The van der Waals surface area contributed by atoms with Gasteiger partial charge in [0.25, 0.3) is 0 Å². The van der Waals surface area contributed by atoms with E-state index in [1.54, 1.807) is 0 Å². The molecule has 0 aromatic heterocycles. The van der Waals surface area contributed by atoms with Crippen molar-refractivity contribution in [2.45, 2.75) is 38.0 Å². The minimum Gasteiger partial charge on any atom is -0.384 e. The predicted octanol–water partition coefficient (Wildman–Crippen LogP) is 2.04. The zero-order valence-electron chi connectivity index (χ0n) is 8.65. The van der Waals surface area contributed by atoms with Crippen LogP contribution in [0.5, 0.6) is 0 Å². The van der Waals surface area contributed by atoms with Crippen LogP contribution in [0, 0.1) is 0 Å². The summed E-state index contributed by atoms with van der Waals surface area (Å²) in [5.74, 6) is -15.1. The van der Waals surface area contributed by atoms with Gasteiger partial charge in [-0.3, -0.25) is 0 Å². The van der Waals surface area contributed by atoms with Gasteiger partial charge < -0.3 is 4.74 Å². The van der Waals surface area contributed by atoms with Crippen molar-refractivity contribution in [3.63, 3.8) is 0 Å². The molecule has 0 saturated carbocycles. The van der Waals surface area contributed by atoms with Crippen molar-refractivity contribution in [3.05, 3.63) is 0 Å². The fourth-order valence-corrected chi connectivity index (χ4v) is 0.545. The highest BCUT2D eigenvalue weighted by molar-refractivity contribution is 5.93. The van der Waals surface area contributed by atoms with Crippen LogP contribution in [-0.2, 0) is 14.3 Å². The lowest BCUT2D eigenvalue weighted by atomic mass is 10.2. The summed E-state index contributed by atoms with van der Waals surface area (Å²) in [5.41, 5.74) is 0. The van der Waals surface area contributed by atoms with E-state index in [9.17, 15) is 35.9 Å². The van der Waals surface area contributed by atoms with Crippen molar-refractivity contribution in [1.29, 1.82) is 0 Å². The van der Waals surface area contributed by atoms with Gasteiger partial charge >= 0.3 is 23.8 Å². The monoisotopic (exact) mass is 266 g/mol. The van der Waals surface area contributed by atoms with E-state index in [4.69, 9.17) is 0 Å². The van der Waals surface area contributed by atoms with E-state index >= 15 is 0 Å². The second-order valence-corrected chi connectivity index (χ2v) is 3.15. The molecule has 0 aliphatic heterocycles. The van der Waals surface area contributed by atoms with Crippen molar-refractivity contribution >= 4 is 11.9 Å². The Bertz CT molecular complexity index is 282. The fourth-order valence-electron chi connectivity index (χ4n) is 0.545. The Morgan fingerprint density at radius 3 is 1.29 bits per heavy atom. The molecule has 17 heavy (non-hydrogen) atoms. The lowest BCUT2D eigenvalue weighted by molar-refractivity contribution is -0.201. The minimum atomic E-state index is -4.76. The molecule has 0 N–H and O–H groups in total. The molecule has 2 unspecified atom stereocenters. The maximum atomic E-state index is 12.5. The minimum absolute atomic E-state index is 0.266. The van der Waals surface area contributed by atoms with Crippen molar-refractivity contribution in [3.8, 4) is 0 Å². The molecule has 0 rings (SSSR count). The van der Waals surface area contributed by atoms with Gasteiger partial charge in [0, 0.05) is 0 Å². The summed E-state index contributed by atoms with van der Waals surface area (Å²) >= 11 is 0. The number of ether oxygens (including phenoxy) is 1. The summed E-state index contributed by atoms with van der Waals surface area (Å²) in [6.45, 7) is 0.531. The number of rotatable bonds is 4. The van der Waals surface area contributed by atoms with Gasteiger partial charge in [0.1, 0.15) is 0 Å². The standard InChI is InChI=1S/C8H8F6O3/c1-3(9)7(11,12)5(15)17-6(16)8(13,14)4(2)10/h3-4H,1-2H3. The predicted molar refractivity (Wildman–Crippen MR) is 42.1 cm³/mol. The van der Waals surface area contributed by atoms with Crippen molar-refractivity contribution in [1.82, 2.24) is 0 Å². The van der Waals surface area contributed by atoms with Crippen LogP contribution in [0.3, 0.4) is 0 Å². The zero-order valence-corrected chi connectivity index (χ0v) is 8.65. The average molecular weight is 266 g/mol. The highest BCUT2D eigenvalue weighted by atomic mass is 19.3. The Kier molecular flexibility index (Phi) is 4.55. The first kappa shape index (κ1) is 15.7. The third-order valence-corrected chi connectivity index (χ3v) is 1.73. The van der Waals surface area contributed by atoms with Crippen LogP contribution >= 0.6 is 0 Å². The maximum Gasteiger partial charge on any atom is 0.387 e. The molecule has 0 bridgehead atoms. The lowest BCUT2D eigenvalue weighted by Crippen LogP contribution is -2.45. The number of halogens is 6. The number of carbonyl (C=O) groups is 2. The fraction of sp³-hybridized carbons (Fsp3) is 0.750. The Hall–Kier alpha value is -1.28. The normalized spacial score (nSPS) is 16.2. The van der Waals surface area contributed by atoms with Gasteiger partial charge in [-0.05, 0) is 13.8 Å². The maximum absolute atomic E-state index is 12.5. The molecular weight excluding hydrogens is 258 g/mol. The van der Waals surface area contributed by atoms with Crippen LogP contribution in [0.1, 0.15) is 13.8 Å². The van der Waals surface area contributed by atoms with Crippen LogP contribution < -0.4 is 0 Å². The van der Waals surface area contributed by atoms with Gasteiger partial charge in [0.05, 0.1) is 0 Å². The molecule has 0 heterocycles. The second kappa shape index (κ2) is 4.92. The number of esters is 2. The Balaban J connectivity index is 4.78. The quantitative estimate of drug-likeness (QED) is 0.444. The van der Waals surface area contributed by atoms with Crippen molar-refractivity contribution in [2.24, 2.45) is 0 Å². The third kappa shape index (κ3) is 3.34. The number of hydrogen-bond donors (Lipinski definition) is 0. The van der Waals surface area contributed by atoms with Gasteiger partial charge in [-0.2, -0.15) is 17.6 Å². The van der Waals surface area contributed by atoms with Gasteiger partial charge in [-0.15, -0.1) is 0 Å². The van der Waals surface area contributed by atoms with E-state index in [2.05, 4.69) is 4.74 Å². The largest absolute Gasteiger partial charge is 0.387 e. The molecule has 9 heteroatoms. The molecule has 0 aromatic carbocycles. The molecule has 0 aliphatic rings. The molecule has 0 fully saturated rings. The van der Waals surface area contributed by atoms with Crippen molar-refractivity contribution < 1.29 is 40.7 Å². The van der Waals surface area contributed by atoms with E-state index in [1.807, 2.05) is 0 Å². The molecule has 0 spiro atoms. The number of alkyl halides is 6. The van der Waals surface area contributed by atoms with Crippen LogP contribution in [0.2, 0.25) is 0 Å². The Morgan fingerprint density at radius 2 is 1.12 bits per heavy atom. The van der Waals surface area contributed by atoms with Crippen LogP contribution in [0.15, 0.2) is 0 Å². The van der Waals surface area contributed by atoms with Gasteiger partial charge in [0.15, 0.2) is 12.3 Å². The van der Waals surface area contributed by atoms with Gasteiger partial charge in [-0.1, -0.05) is 0 Å². The third-order valence-electron chi connectivity index (χ3n) is 1.73. The first-order valence-electron chi connectivity index (χ1n) is 4.24. The average Bonchev–Trinajstić information content (AvgIpc) is 2.16. The van der Waals surface area contributed by atoms with E-state index in [0.717, 1.165) is 0 Å². The zero-order chi connectivity index (χ0) is 14.0. The lowest BCUT2D eigenvalue weighted by Gasteiger charge is -2.18. The summed E-state index contributed by atoms with van der Waals surface area (Å²) in [6.07, 6.45) is -6.08. The van der Waals surface area contributed by atoms with Crippen molar-refractivity contribution in [2.75, 3.05) is 0 Å². The van der Waals surface area contributed by atoms with Gasteiger partial charge in [-0.25, -0.2) is 18.4 Å².